The van der Waals surface area contributed by atoms with Gasteiger partial charge in [-0.15, -0.1) is 0 Å². The normalized spacial score (nSPS) is 20.9. The lowest BCUT2D eigenvalue weighted by atomic mass is 9.97. The SMILES string of the molecule is Nc1ccc(C2CNC(=O)C2)c(F)c1. The van der Waals surface area contributed by atoms with Crippen molar-refractivity contribution in [1.82, 2.24) is 5.32 Å². The molecule has 1 aliphatic heterocycles. The fourth-order valence-electron chi connectivity index (χ4n) is 1.70. The van der Waals surface area contributed by atoms with Gasteiger partial charge in [0, 0.05) is 24.6 Å². The molecule has 0 radical (unpaired) electrons. The van der Waals surface area contributed by atoms with Gasteiger partial charge in [-0.05, 0) is 17.7 Å². The van der Waals surface area contributed by atoms with E-state index in [1.54, 1.807) is 12.1 Å². The molecule has 74 valence electrons. The molecule has 14 heavy (non-hydrogen) atoms. The highest BCUT2D eigenvalue weighted by molar-refractivity contribution is 5.79. The molecule has 1 heterocycles. The summed E-state index contributed by atoms with van der Waals surface area (Å²) in [6.07, 6.45) is 0.362. The van der Waals surface area contributed by atoms with E-state index < -0.39 is 0 Å². The van der Waals surface area contributed by atoms with Crippen LogP contribution < -0.4 is 11.1 Å². The number of nitrogen functional groups attached to an aromatic ring is 1. The first-order chi connectivity index (χ1) is 6.66. The van der Waals surface area contributed by atoms with E-state index in [1.807, 2.05) is 0 Å². The Kier molecular flexibility index (Phi) is 2.11. The zero-order valence-corrected chi connectivity index (χ0v) is 7.59. The van der Waals surface area contributed by atoms with E-state index in [1.165, 1.54) is 6.07 Å². The van der Waals surface area contributed by atoms with E-state index >= 15 is 0 Å². The standard InChI is InChI=1S/C10H11FN2O/c11-9-4-7(12)1-2-8(9)6-3-10(14)13-5-6/h1-2,4,6H,3,5,12H2,(H,13,14). The molecule has 1 amide bonds. The number of carbonyl (C=O) groups excluding carboxylic acids is 1. The van der Waals surface area contributed by atoms with Crippen LogP contribution in [0.25, 0.3) is 0 Å². The van der Waals surface area contributed by atoms with Gasteiger partial charge in [0.05, 0.1) is 0 Å². The molecule has 1 atom stereocenters. The summed E-state index contributed by atoms with van der Waals surface area (Å²) in [4.78, 5) is 10.9. The molecule has 0 saturated carbocycles. The number of hydrogen-bond donors (Lipinski definition) is 2. The van der Waals surface area contributed by atoms with Crippen molar-refractivity contribution in [2.45, 2.75) is 12.3 Å². The van der Waals surface area contributed by atoms with Crippen LogP contribution in [0.2, 0.25) is 0 Å². The van der Waals surface area contributed by atoms with Crippen LogP contribution in [0, 0.1) is 5.82 Å². The summed E-state index contributed by atoms with van der Waals surface area (Å²) >= 11 is 0. The molecule has 2 rings (SSSR count). The maximum Gasteiger partial charge on any atom is 0.220 e. The first-order valence-electron chi connectivity index (χ1n) is 4.48. The molecule has 1 aliphatic rings. The fourth-order valence-corrected chi connectivity index (χ4v) is 1.70. The maximum atomic E-state index is 13.4. The van der Waals surface area contributed by atoms with Gasteiger partial charge in [-0.2, -0.15) is 0 Å². The average Bonchev–Trinajstić information content (AvgIpc) is 2.51. The zero-order valence-electron chi connectivity index (χ0n) is 7.59. The molecule has 1 saturated heterocycles. The van der Waals surface area contributed by atoms with Crippen molar-refractivity contribution in [1.29, 1.82) is 0 Å². The Bertz CT molecular complexity index is 378. The fraction of sp³-hybridized carbons (Fsp3) is 0.300. The van der Waals surface area contributed by atoms with Crippen molar-refractivity contribution in [3.63, 3.8) is 0 Å². The first kappa shape index (κ1) is 8.99. The largest absolute Gasteiger partial charge is 0.399 e. The Morgan fingerprint density at radius 2 is 2.29 bits per heavy atom. The Balaban J connectivity index is 2.28. The summed E-state index contributed by atoms with van der Waals surface area (Å²) in [6.45, 7) is 0.514. The van der Waals surface area contributed by atoms with Crippen molar-refractivity contribution in [3.05, 3.63) is 29.6 Å². The third kappa shape index (κ3) is 1.55. The Hall–Kier alpha value is -1.58. The molecule has 0 aromatic heterocycles. The van der Waals surface area contributed by atoms with Gasteiger partial charge in [0.15, 0.2) is 0 Å². The Morgan fingerprint density at radius 1 is 1.50 bits per heavy atom. The third-order valence-corrected chi connectivity index (χ3v) is 2.44. The molecule has 3 N–H and O–H groups in total. The molecule has 0 aliphatic carbocycles. The number of rotatable bonds is 1. The van der Waals surface area contributed by atoms with Crippen LogP contribution in [0.15, 0.2) is 18.2 Å². The van der Waals surface area contributed by atoms with Gasteiger partial charge >= 0.3 is 0 Å². The third-order valence-electron chi connectivity index (χ3n) is 2.44. The van der Waals surface area contributed by atoms with Gasteiger partial charge in [-0.25, -0.2) is 4.39 Å². The number of nitrogens with one attached hydrogen (secondary N) is 1. The second kappa shape index (κ2) is 3.29. The summed E-state index contributed by atoms with van der Waals surface area (Å²) in [7, 11) is 0. The smallest absolute Gasteiger partial charge is 0.220 e. The van der Waals surface area contributed by atoms with E-state index in [-0.39, 0.29) is 17.6 Å². The summed E-state index contributed by atoms with van der Waals surface area (Å²) in [5.74, 6) is -0.402. The lowest BCUT2D eigenvalue weighted by Gasteiger charge is -2.08. The van der Waals surface area contributed by atoms with E-state index in [0.717, 1.165) is 0 Å². The summed E-state index contributed by atoms with van der Waals surface area (Å²) in [6, 6.07) is 4.59. The minimum Gasteiger partial charge on any atom is -0.399 e. The molecule has 4 heteroatoms. The second-order valence-electron chi connectivity index (χ2n) is 3.49. The van der Waals surface area contributed by atoms with Crippen molar-refractivity contribution >= 4 is 11.6 Å². The van der Waals surface area contributed by atoms with Crippen molar-refractivity contribution in [2.24, 2.45) is 0 Å². The molecular weight excluding hydrogens is 183 g/mol. The average molecular weight is 194 g/mol. The lowest BCUT2D eigenvalue weighted by molar-refractivity contribution is -0.119. The molecule has 3 nitrogen and oxygen atoms in total. The highest BCUT2D eigenvalue weighted by Crippen LogP contribution is 2.26. The van der Waals surface area contributed by atoms with Crippen molar-refractivity contribution in [2.75, 3.05) is 12.3 Å². The number of benzene rings is 1. The Labute approximate surface area is 81.1 Å². The monoisotopic (exact) mass is 194 g/mol. The van der Waals surface area contributed by atoms with Crippen LogP contribution >= 0.6 is 0 Å². The van der Waals surface area contributed by atoms with Crippen LogP contribution in [-0.2, 0) is 4.79 Å². The highest BCUT2D eigenvalue weighted by atomic mass is 19.1. The van der Waals surface area contributed by atoms with Crippen LogP contribution in [0.3, 0.4) is 0 Å². The second-order valence-corrected chi connectivity index (χ2v) is 3.49. The minimum absolute atomic E-state index is 0.0220. The van der Waals surface area contributed by atoms with E-state index in [4.69, 9.17) is 5.73 Å². The number of hydrogen-bond acceptors (Lipinski definition) is 2. The van der Waals surface area contributed by atoms with Gasteiger partial charge in [0.25, 0.3) is 0 Å². The van der Waals surface area contributed by atoms with Gasteiger partial charge in [0.2, 0.25) is 5.91 Å². The summed E-state index contributed by atoms with van der Waals surface area (Å²) in [5, 5.41) is 2.67. The van der Waals surface area contributed by atoms with Gasteiger partial charge in [-0.3, -0.25) is 4.79 Å². The molecule has 0 spiro atoms. The van der Waals surface area contributed by atoms with E-state index in [0.29, 0.717) is 24.2 Å². The summed E-state index contributed by atoms with van der Waals surface area (Å²) < 4.78 is 13.4. The highest BCUT2D eigenvalue weighted by Gasteiger charge is 2.25. The number of amides is 1. The van der Waals surface area contributed by atoms with Gasteiger partial charge < -0.3 is 11.1 Å². The number of halogens is 1. The van der Waals surface area contributed by atoms with Crippen molar-refractivity contribution in [3.8, 4) is 0 Å². The maximum absolute atomic E-state index is 13.4. The van der Waals surface area contributed by atoms with Crippen LogP contribution in [-0.4, -0.2) is 12.5 Å². The first-order valence-corrected chi connectivity index (χ1v) is 4.48. The van der Waals surface area contributed by atoms with E-state index in [2.05, 4.69) is 5.32 Å². The number of carbonyl (C=O) groups is 1. The van der Waals surface area contributed by atoms with Gasteiger partial charge in [-0.1, -0.05) is 6.07 Å². The molecule has 0 bridgehead atoms. The molecule has 1 fully saturated rings. The van der Waals surface area contributed by atoms with Crippen LogP contribution in [0.5, 0.6) is 0 Å². The summed E-state index contributed by atoms with van der Waals surface area (Å²) in [5.41, 5.74) is 6.40. The predicted octanol–water partition coefficient (Wildman–Crippen LogP) is 1.01. The minimum atomic E-state index is -0.327. The number of anilines is 1. The van der Waals surface area contributed by atoms with Crippen LogP contribution in [0.4, 0.5) is 10.1 Å². The van der Waals surface area contributed by atoms with Crippen LogP contribution in [0.1, 0.15) is 17.9 Å². The Morgan fingerprint density at radius 3 is 2.86 bits per heavy atom. The lowest BCUT2D eigenvalue weighted by Crippen LogP contribution is -2.13. The molecule has 1 unspecified atom stereocenters. The quantitative estimate of drug-likeness (QED) is 0.655. The van der Waals surface area contributed by atoms with Gasteiger partial charge in [0.1, 0.15) is 5.82 Å². The molecule has 1 aromatic carbocycles. The molecular formula is C10H11FN2O. The number of nitrogens with two attached hydrogens (primary N) is 1. The topological polar surface area (TPSA) is 55.1 Å². The zero-order chi connectivity index (χ0) is 10.1. The molecule has 1 aromatic rings. The van der Waals surface area contributed by atoms with Crippen molar-refractivity contribution < 1.29 is 9.18 Å². The van der Waals surface area contributed by atoms with E-state index in [9.17, 15) is 9.18 Å². The predicted molar refractivity (Wildman–Crippen MR) is 51.2 cm³/mol.